The summed E-state index contributed by atoms with van der Waals surface area (Å²) in [4.78, 5) is 1.15. The molecule has 0 aliphatic rings. The molecule has 100 valence electrons. The molecule has 3 heteroatoms. The minimum absolute atomic E-state index is 0.00648. The number of hydrogen-bond donors (Lipinski definition) is 0. The van der Waals surface area contributed by atoms with Gasteiger partial charge in [-0.1, -0.05) is 42.5 Å². The van der Waals surface area contributed by atoms with Crippen LogP contribution in [0.2, 0.25) is 0 Å². The summed E-state index contributed by atoms with van der Waals surface area (Å²) in [7, 11) is 0. The second-order valence-corrected chi connectivity index (χ2v) is 5.37. The van der Waals surface area contributed by atoms with Crippen LogP contribution in [-0.4, -0.2) is 12.1 Å². The second kappa shape index (κ2) is 7.46. The first-order valence-electron chi connectivity index (χ1n) is 6.25. The number of benzene rings is 2. The fourth-order valence-electron chi connectivity index (χ4n) is 1.93. The van der Waals surface area contributed by atoms with E-state index in [4.69, 9.17) is 16.3 Å². The van der Waals surface area contributed by atoms with Crippen LogP contribution < -0.4 is 4.74 Å². The van der Waals surface area contributed by atoms with Crippen molar-refractivity contribution in [3.8, 4) is 5.75 Å². The molecular formula is C16H17ClOS. The van der Waals surface area contributed by atoms with Crippen LogP contribution in [-0.2, 0) is 0 Å². The highest BCUT2D eigenvalue weighted by atomic mass is 35.5. The van der Waals surface area contributed by atoms with Gasteiger partial charge in [-0.25, -0.2) is 0 Å². The Hall–Kier alpha value is -1.12. The highest BCUT2D eigenvalue weighted by Crippen LogP contribution is 2.32. The van der Waals surface area contributed by atoms with E-state index < -0.39 is 0 Å². The minimum atomic E-state index is 0.00648. The van der Waals surface area contributed by atoms with Crippen molar-refractivity contribution in [2.75, 3.05) is 12.1 Å². The van der Waals surface area contributed by atoms with Gasteiger partial charge in [-0.3, -0.25) is 0 Å². The molecule has 0 amide bonds. The van der Waals surface area contributed by atoms with Gasteiger partial charge < -0.3 is 4.74 Å². The van der Waals surface area contributed by atoms with Crippen molar-refractivity contribution in [1.82, 2.24) is 0 Å². The van der Waals surface area contributed by atoms with E-state index in [2.05, 4.69) is 24.5 Å². The fourth-order valence-corrected chi connectivity index (χ4v) is 2.66. The molecule has 1 unspecified atom stereocenters. The van der Waals surface area contributed by atoms with Crippen molar-refractivity contribution in [2.45, 2.75) is 17.4 Å². The van der Waals surface area contributed by atoms with E-state index in [1.54, 1.807) is 11.8 Å². The predicted molar refractivity (Wildman–Crippen MR) is 83.4 cm³/mol. The first-order chi connectivity index (χ1) is 9.35. The van der Waals surface area contributed by atoms with Gasteiger partial charge in [0.15, 0.2) is 0 Å². The van der Waals surface area contributed by atoms with Gasteiger partial charge >= 0.3 is 0 Å². The maximum absolute atomic E-state index is 6.16. The van der Waals surface area contributed by atoms with E-state index in [0.717, 1.165) is 17.1 Å². The Labute approximate surface area is 123 Å². The predicted octanol–water partition coefficient (Wildman–Crippen LogP) is 5.16. The van der Waals surface area contributed by atoms with E-state index >= 15 is 0 Å². The zero-order valence-electron chi connectivity index (χ0n) is 10.9. The van der Waals surface area contributed by atoms with Crippen molar-refractivity contribution < 1.29 is 4.74 Å². The summed E-state index contributed by atoms with van der Waals surface area (Å²) >= 11 is 7.59. The zero-order valence-corrected chi connectivity index (χ0v) is 12.5. The molecule has 1 atom stereocenters. The van der Waals surface area contributed by atoms with E-state index in [0.29, 0.717) is 5.88 Å². The highest BCUT2D eigenvalue weighted by Gasteiger charge is 2.14. The summed E-state index contributed by atoms with van der Waals surface area (Å²) in [6.07, 6.45) is 2.86. The summed E-state index contributed by atoms with van der Waals surface area (Å²) < 4.78 is 6.16. The topological polar surface area (TPSA) is 9.23 Å². The van der Waals surface area contributed by atoms with Gasteiger partial charge in [0.1, 0.15) is 11.9 Å². The molecule has 2 aromatic rings. The second-order valence-electron chi connectivity index (χ2n) is 4.15. The smallest absolute Gasteiger partial charge is 0.133 e. The number of para-hydroxylation sites is 1. The molecular weight excluding hydrogens is 276 g/mol. The normalized spacial score (nSPS) is 12.1. The Morgan fingerprint density at radius 2 is 1.74 bits per heavy atom. The lowest BCUT2D eigenvalue weighted by molar-refractivity contribution is 0.197. The molecule has 0 heterocycles. The summed E-state index contributed by atoms with van der Waals surface area (Å²) in [5, 5.41) is 0. The van der Waals surface area contributed by atoms with Gasteiger partial charge in [0, 0.05) is 17.2 Å². The van der Waals surface area contributed by atoms with Gasteiger partial charge in [0.25, 0.3) is 0 Å². The molecule has 0 N–H and O–H groups in total. The minimum Gasteiger partial charge on any atom is -0.485 e. The fraction of sp³-hybridized carbons (Fsp3) is 0.250. The molecule has 2 rings (SSSR count). The first kappa shape index (κ1) is 14.3. The summed E-state index contributed by atoms with van der Waals surface area (Å²) in [5.41, 5.74) is 1.17. The molecule has 0 spiro atoms. The Morgan fingerprint density at radius 3 is 2.42 bits per heavy atom. The van der Waals surface area contributed by atoms with Crippen LogP contribution in [0.25, 0.3) is 0 Å². The third-order valence-electron chi connectivity index (χ3n) is 2.88. The Bertz CT molecular complexity index is 501. The van der Waals surface area contributed by atoms with Crippen molar-refractivity contribution in [3.05, 3.63) is 60.2 Å². The SMILES string of the molecule is CSc1ccccc1OC(CCCl)c1ccccc1. The molecule has 0 bridgehead atoms. The average molecular weight is 293 g/mol. The van der Waals surface area contributed by atoms with Gasteiger partial charge in [-0.05, 0) is 24.0 Å². The molecule has 0 aliphatic heterocycles. The van der Waals surface area contributed by atoms with Crippen molar-refractivity contribution >= 4 is 23.4 Å². The lowest BCUT2D eigenvalue weighted by Crippen LogP contribution is -2.08. The van der Waals surface area contributed by atoms with Crippen LogP contribution in [0.4, 0.5) is 0 Å². The molecule has 19 heavy (non-hydrogen) atoms. The van der Waals surface area contributed by atoms with Crippen LogP contribution in [0.15, 0.2) is 59.5 Å². The van der Waals surface area contributed by atoms with Crippen LogP contribution in [0, 0.1) is 0 Å². The van der Waals surface area contributed by atoms with Crippen molar-refractivity contribution in [1.29, 1.82) is 0 Å². The highest BCUT2D eigenvalue weighted by molar-refractivity contribution is 7.98. The number of rotatable bonds is 6. The molecule has 1 nitrogen and oxygen atoms in total. The quantitative estimate of drug-likeness (QED) is 0.537. The molecule has 0 radical (unpaired) electrons. The lowest BCUT2D eigenvalue weighted by Gasteiger charge is -2.20. The van der Waals surface area contributed by atoms with Crippen LogP contribution in [0.3, 0.4) is 0 Å². The van der Waals surface area contributed by atoms with Gasteiger partial charge in [-0.15, -0.1) is 23.4 Å². The standard InChI is InChI=1S/C16H17ClOS/c1-19-16-10-6-5-9-15(16)18-14(11-12-17)13-7-3-2-4-8-13/h2-10,14H,11-12H2,1H3. The summed E-state index contributed by atoms with van der Waals surface area (Å²) in [6, 6.07) is 18.3. The molecule has 0 aromatic heterocycles. The largest absolute Gasteiger partial charge is 0.485 e. The van der Waals surface area contributed by atoms with E-state index in [9.17, 15) is 0 Å². The van der Waals surface area contributed by atoms with Crippen molar-refractivity contribution in [3.63, 3.8) is 0 Å². The van der Waals surface area contributed by atoms with Gasteiger partial charge in [0.05, 0.1) is 0 Å². The van der Waals surface area contributed by atoms with Crippen LogP contribution in [0.5, 0.6) is 5.75 Å². The Balaban J connectivity index is 2.21. The van der Waals surface area contributed by atoms with Crippen LogP contribution in [0.1, 0.15) is 18.1 Å². The van der Waals surface area contributed by atoms with E-state index in [1.807, 2.05) is 36.4 Å². The first-order valence-corrected chi connectivity index (χ1v) is 8.01. The number of halogens is 1. The number of thioether (sulfide) groups is 1. The summed E-state index contributed by atoms with van der Waals surface area (Å²) in [6.45, 7) is 0. The lowest BCUT2D eigenvalue weighted by atomic mass is 10.1. The number of ether oxygens (including phenoxy) is 1. The molecule has 0 fully saturated rings. The third kappa shape index (κ3) is 3.92. The monoisotopic (exact) mass is 292 g/mol. The molecule has 0 saturated carbocycles. The molecule has 2 aromatic carbocycles. The van der Waals surface area contributed by atoms with Gasteiger partial charge in [0.2, 0.25) is 0 Å². The maximum atomic E-state index is 6.16. The summed E-state index contributed by atoms with van der Waals surface area (Å²) in [5.74, 6) is 1.51. The van der Waals surface area contributed by atoms with Gasteiger partial charge in [-0.2, -0.15) is 0 Å². The van der Waals surface area contributed by atoms with E-state index in [-0.39, 0.29) is 6.10 Å². The third-order valence-corrected chi connectivity index (χ3v) is 3.88. The molecule has 0 saturated heterocycles. The van der Waals surface area contributed by atoms with Crippen LogP contribution >= 0.6 is 23.4 Å². The number of alkyl halides is 1. The average Bonchev–Trinajstić information content (AvgIpc) is 2.48. The maximum Gasteiger partial charge on any atom is 0.133 e. The van der Waals surface area contributed by atoms with Crippen molar-refractivity contribution in [2.24, 2.45) is 0 Å². The number of hydrogen-bond acceptors (Lipinski definition) is 2. The van der Waals surface area contributed by atoms with E-state index in [1.165, 1.54) is 5.56 Å². The molecule has 0 aliphatic carbocycles. The Kier molecular flexibility index (Phi) is 5.62. The Morgan fingerprint density at radius 1 is 1.05 bits per heavy atom. The zero-order chi connectivity index (χ0) is 13.5.